The van der Waals surface area contributed by atoms with E-state index in [4.69, 9.17) is 11.6 Å². The van der Waals surface area contributed by atoms with Gasteiger partial charge < -0.3 is 10.6 Å². The monoisotopic (exact) mass is 303 g/mol. The second kappa shape index (κ2) is 7.09. The Hall–Kier alpha value is -2.07. The highest BCUT2D eigenvalue weighted by Gasteiger charge is 2.14. The summed E-state index contributed by atoms with van der Waals surface area (Å²) in [5.41, 5.74) is 2.17. The fourth-order valence-corrected chi connectivity index (χ4v) is 2.31. The highest BCUT2D eigenvalue weighted by atomic mass is 35.5. The maximum atomic E-state index is 12.2. The van der Waals surface area contributed by atoms with Crippen molar-refractivity contribution in [3.8, 4) is 0 Å². The lowest BCUT2D eigenvalue weighted by molar-refractivity contribution is 0.0935. The Labute approximate surface area is 129 Å². The molecule has 0 spiro atoms. The number of amides is 1. The minimum absolute atomic E-state index is 0.179. The van der Waals surface area contributed by atoms with E-state index in [0.717, 1.165) is 17.8 Å². The van der Waals surface area contributed by atoms with Gasteiger partial charge in [0, 0.05) is 11.6 Å². The molecule has 4 nitrogen and oxygen atoms in total. The predicted octanol–water partition coefficient (Wildman–Crippen LogP) is 3.66. The molecule has 1 amide bonds. The topological polar surface area (TPSA) is 54.0 Å². The summed E-state index contributed by atoms with van der Waals surface area (Å²) in [6.07, 6.45) is 1.65. The third-order valence-electron chi connectivity index (χ3n) is 3.10. The number of carbonyl (C=O) groups excluding carboxylic acids is 1. The molecule has 2 aromatic rings. The van der Waals surface area contributed by atoms with Crippen molar-refractivity contribution in [1.29, 1.82) is 0 Å². The Balaban J connectivity index is 2.05. The van der Waals surface area contributed by atoms with E-state index in [1.165, 1.54) is 0 Å². The quantitative estimate of drug-likeness (QED) is 0.886. The van der Waals surface area contributed by atoms with Crippen LogP contribution in [0.2, 0.25) is 5.02 Å². The van der Waals surface area contributed by atoms with Crippen molar-refractivity contribution in [1.82, 2.24) is 10.3 Å². The van der Waals surface area contributed by atoms with E-state index >= 15 is 0 Å². The average molecular weight is 304 g/mol. The van der Waals surface area contributed by atoms with Crippen molar-refractivity contribution in [2.75, 3.05) is 11.9 Å². The molecule has 2 rings (SSSR count). The Morgan fingerprint density at radius 3 is 2.67 bits per heavy atom. The molecule has 0 saturated carbocycles. The van der Waals surface area contributed by atoms with Crippen LogP contribution in [0.3, 0.4) is 0 Å². The molecule has 21 heavy (non-hydrogen) atoms. The van der Waals surface area contributed by atoms with Crippen LogP contribution in [0, 0.1) is 0 Å². The second-order valence-electron chi connectivity index (χ2n) is 4.68. The summed E-state index contributed by atoms with van der Waals surface area (Å²) >= 11 is 6.13. The molecule has 1 aromatic carbocycles. The highest BCUT2D eigenvalue weighted by Crippen LogP contribution is 2.22. The first-order valence-electron chi connectivity index (χ1n) is 6.87. The molecule has 0 fully saturated rings. The van der Waals surface area contributed by atoms with Crippen LogP contribution in [0.5, 0.6) is 0 Å². The zero-order valence-corrected chi connectivity index (χ0v) is 12.8. The number of nitrogens with one attached hydrogen (secondary N) is 2. The van der Waals surface area contributed by atoms with E-state index in [9.17, 15) is 4.79 Å². The summed E-state index contributed by atoms with van der Waals surface area (Å²) in [6.45, 7) is 4.72. The summed E-state index contributed by atoms with van der Waals surface area (Å²) in [5, 5.41) is 6.67. The van der Waals surface area contributed by atoms with E-state index in [0.29, 0.717) is 10.7 Å². The lowest BCUT2D eigenvalue weighted by Gasteiger charge is -2.15. The van der Waals surface area contributed by atoms with Gasteiger partial charge in [-0.1, -0.05) is 29.8 Å². The Morgan fingerprint density at radius 1 is 1.29 bits per heavy atom. The molecule has 5 heteroatoms. The molecule has 0 radical (unpaired) electrons. The van der Waals surface area contributed by atoms with Crippen LogP contribution < -0.4 is 10.6 Å². The molecule has 0 aliphatic rings. The Kier molecular flexibility index (Phi) is 5.17. The molecule has 1 unspecified atom stereocenters. The zero-order chi connectivity index (χ0) is 15.2. The molecule has 0 bridgehead atoms. The molecule has 0 aliphatic heterocycles. The number of hydrogen-bond donors (Lipinski definition) is 2. The van der Waals surface area contributed by atoms with Gasteiger partial charge >= 0.3 is 0 Å². The van der Waals surface area contributed by atoms with Gasteiger partial charge in [0.15, 0.2) is 0 Å². The largest absolute Gasteiger partial charge is 0.384 e. The number of benzene rings is 1. The summed E-state index contributed by atoms with van der Waals surface area (Å²) in [5.74, 6) is -0.217. The van der Waals surface area contributed by atoms with Crippen LogP contribution in [0.1, 0.15) is 35.9 Å². The number of anilines is 1. The maximum Gasteiger partial charge on any atom is 0.270 e. The van der Waals surface area contributed by atoms with E-state index in [1.54, 1.807) is 12.3 Å². The smallest absolute Gasteiger partial charge is 0.270 e. The number of aromatic nitrogens is 1. The lowest BCUT2D eigenvalue weighted by atomic mass is 10.1. The second-order valence-corrected chi connectivity index (χ2v) is 5.09. The maximum absolute atomic E-state index is 12.2. The fourth-order valence-electron chi connectivity index (χ4n) is 2.01. The summed E-state index contributed by atoms with van der Waals surface area (Å²) in [4.78, 5) is 16.3. The van der Waals surface area contributed by atoms with E-state index < -0.39 is 0 Å². The molecular formula is C16H18ClN3O. The van der Waals surface area contributed by atoms with Crippen molar-refractivity contribution in [2.45, 2.75) is 19.9 Å². The van der Waals surface area contributed by atoms with Gasteiger partial charge in [-0.15, -0.1) is 0 Å². The minimum Gasteiger partial charge on any atom is -0.384 e. The Morgan fingerprint density at radius 2 is 2.05 bits per heavy atom. The minimum atomic E-state index is -0.217. The van der Waals surface area contributed by atoms with Crippen LogP contribution in [0.4, 0.5) is 5.69 Å². The fraction of sp³-hybridized carbons (Fsp3) is 0.250. The number of rotatable bonds is 5. The molecular weight excluding hydrogens is 286 g/mol. The SMILES string of the molecule is CCNc1ccc(C(=O)NC(C)c2ccccc2Cl)nc1. The van der Waals surface area contributed by atoms with Gasteiger partial charge in [0.05, 0.1) is 17.9 Å². The van der Waals surface area contributed by atoms with Crippen LogP contribution in [0.25, 0.3) is 0 Å². The number of nitrogens with zero attached hydrogens (tertiary/aromatic N) is 1. The number of halogens is 1. The molecule has 110 valence electrons. The van der Waals surface area contributed by atoms with Gasteiger partial charge in [0.2, 0.25) is 0 Å². The number of pyridine rings is 1. The normalized spacial score (nSPS) is 11.8. The number of hydrogen-bond acceptors (Lipinski definition) is 3. The van der Waals surface area contributed by atoms with E-state index in [-0.39, 0.29) is 11.9 Å². The average Bonchev–Trinajstić information content (AvgIpc) is 2.48. The lowest BCUT2D eigenvalue weighted by Crippen LogP contribution is -2.27. The van der Waals surface area contributed by atoms with Crippen molar-refractivity contribution in [3.63, 3.8) is 0 Å². The van der Waals surface area contributed by atoms with Crippen molar-refractivity contribution in [3.05, 3.63) is 58.9 Å². The predicted molar refractivity (Wildman–Crippen MR) is 85.7 cm³/mol. The first-order valence-corrected chi connectivity index (χ1v) is 7.24. The molecule has 2 N–H and O–H groups in total. The molecule has 1 atom stereocenters. The van der Waals surface area contributed by atoms with Crippen LogP contribution in [0.15, 0.2) is 42.6 Å². The first kappa shape index (κ1) is 15.3. The highest BCUT2D eigenvalue weighted by molar-refractivity contribution is 6.31. The van der Waals surface area contributed by atoms with Gasteiger partial charge in [-0.2, -0.15) is 0 Å². The molecule has 1 aromatic heterocycles. The molecule has 1 heterocycles. The van der Waals surface area contributed by atoms with Gasteiger partial charge in [-0.3, -0.25) is 4.79 Å². The van der Waals surface area contributed by atoms with Crippen molar-refractivity contribution >= 4 is 23.2 Å². The van der Waals surface area contributed by atoms with Gasteiger partial charge in [0.25, 0.3) is 5.91 Å². The van der Waals surface area contributed by atoms with Crippen molar-refractivity contribution < 1.29 is 4.79 Å². The number of carbonyl (C=O) groups is 1. The molecule has 0 aliphatic carbocycles. The third-order valence-corrected chi connectivity index (χ3v) is 3.44. The summed E-state index contributed by atoms with van der Waals surface area (Å²) in [7, 11) is 0. The van der Waals surface area contributed by atoms with Gasteiger partial charge in [-0.25, -0.2) is 4.98 Å². The molecule has 0 saturated heterocycles. The van der Waals surface area contributed by atoms with Crippen LogP contribution >= 0.6 is 11.6 Å². The third kappa shape index (κ3) is 3.95. The summed E-state index contributed by atoms with van der Waals surface area (Å²) in [6, 6.07) is 10.8. The van der Waals surface area contributed by atoms with E-state index in [2.05, 4.69) is 15.6 Å². The van der Waals surface area contributed by atoms with Crippen LogP contribution in [-0.4, -0.2) is 17.4 Å². The summed E-state index contributed by atoms with van der Waals surface area (Å²) < 4.78 is 0. The standard InChI is InChI=1S/C16H18ClN3O/c1-3-18-12-8-9-15(19-10-12)16(21)20-11(2)13-6-4-5-7-14(13)17/h4-11,18H,3H2,1-2H3,(H,20,21). The Bertz CT molecular complexity index is 613. The van der Waals surface area contributed by atoms with Gasteiger partial charge in [-0.05, 0) is 37.6 Å². The van der Waals surface area contributed by atoms with E-state index in [1.807, 2.05) is 44.2 Å². The first-order chi connectivity index (χ1) is 10.1. The van der Waals surface area contributed by atoms with Crippen molar-refractivity contribution in [2.24, 2.45) is 0 Å². The zero-order valence-electron chi connectivity index (χ0n) is 12.1. The van der Waals surface area contributed by atoms with Gasteiger partial charge in [0.1, 0.15) is 5.69 Å². The van der Waals surface area contributed by atoms with Crippen LogP contribution in [-0.2, 0) is 0 Å².